The highest BCUT2D eigenvalue weighted by Gasteiger charge is 2.07. The van der Waals surface area contributed by atoms with E-state index in [-0.39, 0.29) is 0 Å². The molecule has 0 aliphatic heterocycles. The molecule has 1 rings (SSSR count). The van der Waals surface area contributed by atoms with E-state index in [0.717, 1.165) is 37.8 Å². The van der Waals surface area contributed by atoms with Crippen molar-refractivity contribution in [2.24, 2.45) is 0 Å². The Balaban J connectivity index is 2.40. The first kappa shape index (κ1) is 10.5. The van der Waals surface area contributed by atoms with Gasteiger partial charge in [-0.3, -0.25) is 0 Å². The summed E-state index contributed by atoms with van der Waals surface area (Å²) in [6, 6.07) is 0. The van der Waals surface area contributed by atoms with Crippen LogP contribution in [0.25, 0.3) is 0 Å². The van der Waals surface area contributed by atoms with Gasteiger partial charge >= 0.3 is 11.9 Å². The fourth-order valence-electron chi connectivity index (χ4n) is 1.20. The maximum atomic E-state index is 11.0. The van der Waals surface area contributed by atoms with Crippen LogP contribution >= 0.6 is 0 Å². The van der Waals surface area contributed by atoms with Crippen molar-refractivity contribution < 1.29 is 19.4 Å². The maximum absolute atomic E-state index is 11.0. The van der Waals surface area contributed by atoms with E-state index in [1.54, 1.807) is 0 Å². The van der Waals surface area contributed by atoms with Gasteiger partial charge in [0.2, 0.25) is 0 Å². The molecule has 1 aliphatic carbocycles. The molecule has 0 spiro atoms. The van der Waals surface area contributed by atoms with Crippen LogP contribution in [-0.2, 0) is 14.3 Å². The van der Waals surface area contributed by atoms with E-state index in [9.17, 15) is 9.59 Å². The SMILES string of the molecule is O=C(O)/C=C\C(=O)OC1=CCCCC1. The molecule has 0 saturated heterocycles. The number of esters is 1. The second kappa shape index (κ2) is 5.21. The Morgan fingerprint density at radius 2 is 2.14 bits per heavy atom. The van der Waals surface area contributed by atoms with E-state index in [1.807, 2.05) is 6.08 Å². The normalized spacial score (nSPS) is 16.4. The first-order valence-corrected chi connectivity index (χ1v) is 4.50. The molecule has 0 heterocycles. The van der Waals surface area contributed by atoms with E-state index >= 15 is 0 Å². The minimum Gasteiger partial charge on any atom is -0.478 e. The molecule has 1 aliphatic rings. The lowest BCUT2D eigenvalue weighted by Gasteiger charge is -2.10. The Labute approximate surface area is 81.9 Å². The van der Waals surface area contributed by atoms with Crippen molar-refractivity contribution in [3.05, 3.63) is 24.0 Å². The van der Waals surface area contributed by atoms with Gasteiger partial charge in [0.15, 0.2) is 0 Å². The third kappa shape index (κ3) is 3.89. The lowest BCUT2D eigenvalue weighted by atomic mass is 10.1. The second-order valence-corrected chi connectivity index (χ2v) is 3.01. The van der Waals surface area contributed by atoms with Crippen LogP contribution in [0.3, 0.4) is 0 Å². The van der Waals surface area contributed by atoms with Gasteiger partial charge in [0.05, 0.1) is 0 Å². The molecule has 0 radical (unpaired) electrons. The van der Waals surface area contributed by atoms with Crippen molar-refractivity contribution in [2.45, 2.75) is 25.7 Å². The topological polar surface area (TPSA) is 63.6 Å². The fraction of sp³-hybridized carbons (Fsp3) is 0.400. The zero-order valence-electron chi connectivity index (χ0n) is 7.73. The number of hydrogen-bond acceptors (Lipinski definition) is 3. The van der Waals surface area contributed by atoms with Crippen LogP contribution in [0.4, 0.5) is 0 Å². The molecule has 0 aromatic carbocycles. The Hall–Kier alpha value is -1.58. The Kier molecular flexibility index (Phi) is 3.91. The molecule has 0 aromatic heterocycles. The average Bonchev–Trinajstić information content (AvgIpc) is 2.16. The summed E-state index contributed by atoms with van der Waals surface area (Å²) in [5, 5.41) is 8.26. The third-order valence-electron chi connectivity index (χ3n) is 1.84. The molecule has 4 nitrogen and oxygen atoms in total. The average molecular weight is 196 g/mol. The number of hydrogen-bond donors (Lipinski definition) is 1. The molecule has 0 amide bonds. The van der Waals surface area contributed by atoms with E-state index < -0.39 is 11.9 Å². The van der Waals surface area contributed by atoms with Crippen molar-refractivity contribution in [3.8, 4) is 0 Å². The predicted octanol–water partition coefficient (Wildman–Crippen LogP) is 1.63. The molecule has 4 heteroatoms. The molecule has 14 heavy (non-hydrogen) atoms. The van der Waals surface area contributed by atoms with Crippen LogP contribution < -0.4 is 0 Å². The standard InChI is InChI=1S/C10H12O4/c11-9(12)6-7-10(13)14-8-4-2-1-3-5-8/h4,6-7H,1-3,5H2,(H,11,12)/b7-6-. The van der Waals surface area contributed by atoms with E-state index in [1.165, 1.54) is 0 Å². The fourth-order valence-corrected chi connectivity index (χ4v) is 1.20. The van der Waals surface area contributed by atoms with Crippen LogP contribution in [0.15, 0.2) is 24.0 Å². The Morgan fingerprint density at radius 1 is 1.36 bits per heavy atom. The summed E-state index contributed by atoms with van der Waals surface area (Å²) >= 11 is 0. The Bertz CT molecular complexity index is 288. The van der Waals surface area contributed by atoms with Gasteiger partial charge in [-0.15, -0.1) is 0 Å². The lowest BCUT2D eigenvalue weighted by Crippen LogP contribution is -2.04. The van der Waals surface area contributed by atoms with Crippen molar-refractivity contribution in [1.29, 1.82) is 0 Å². The van der Waals surface area contributed by atoms with Crippen LogP contribution in [0.2, 0.25) is 0 Å². The highest BCUT2D eigenvalue weighted by molar-refractivity contribution is 5.91. The van der Waals surface area contributed by atoms with Gasteiger partial charge in [0, 0.05) is 18.6 Å². The monoisotopic (exact) mass is 196 g/mol. The number of carbonyl (C=O) groups is 2. The molecule has 1 N–H and O–H groups in total. The summed E-state index contributed by atoms with van der Waals surface area (Å²) in [4.78, 5) is 21.1. The summed E-state index contributed by atoms with van der Waals surface area (Å²) in [5.41, 5.74) is 0. The smallest absolute Gasteiger partial charge is 0.336 e. The number of carboxylic acids is 1. The van der Waals surface area contributed by atoms with Gasteiger partial charge < -0.3 is 9.84 Å². The van der Waals surface area contributed by atoms with Crippen molar-refractivity contribution >= 4 is 11.9 Å². The number of rotatable bonds is 3. The number of ether oxygens (including phenoxy) is 1. The first-order chi connectivity index (χ1) is 6.68. The largest absolute Gasteiger partial charge is 0.478 e. The van der Waals surface area contributed by atoms with Crippen LogP contribution in [-0.4, -0.2) is 17.0 Å². The molecule has 0 bridgehead atoms. The van der Waals surface area contributed by atoms with Gasteiger partial charge in [-0.2, -0.15) is 0 Å². The van der Waals surface area contributed by atoms with Crippen LogP contribution in [0, 0.1) is 0 Å². The molecule has 0 fully saturated rings. The number of aliphatic carboxylic acids is 1. The molecule has 0 saturated carbocycles. The molecule has 0 atom stereocenters. The minimum atomic E-state index is -1.15. The van der Waals surface area contributed by atoms with Crippen molar-refractivity contribution in [2.75, 3.05) is 0 Å². The van der Waals surface area contributed by atoms with Gasteiger partial charge in [0.1, 0.15) is 5.76 Å². The van der Waals surface area contributed by atoms with E-state index in [4.69, 9.17) is 9.84 Å². The minimum absolute atomic E-state index is 0.624. The second-order valence-electron chi connectivity index (χ2n) is 3.01. The van der Waals surface area contributed by atoms with Crippen LogP contribution in [0.5, 0.6) is 0 Å². The zero-order valence-corrected chi connectivity index (χ0v) is 7.73. The van der Waals surface area contributed by atoms with E-state index in [0.29, 0.717) is 5.76 Å². The third-order valence-corrected chi connectivity index (χ3v) is 1.84. The van der Waals surface area contributed by atoms with Gasteiger partial charge in [-0.1, -0.05) is 0 Å². The van der Waals surface area contributed by atoms with E-state index in [2.05, 4.69) is 0 Å². The summed E-state index contributed by atoms with van der Waals surface area (Å²) in [7, 11) is 0. The number of carbonyl (C=O) groups excluding carboxylic acids is 1. The Morgan fingerprint density at radius 3 is 2.71 bits per heavy atom. The van der Waals surface area contributed by atoms with Crippen LogP contribution in [0.1, 0.15) is 25.7 Å². The highest BCUT2D eigenvalue weighted by Crippen LogP contribution is 2.18. The number of allylic oxidation sites excluding steroid dienone is 2. The first-order valence-electron chi connectivity index (χ1n) is 4.50. The summed E-state index contributed by atoms with van der Waals surface area (Å²) < 4.78 is 4.91. The molecular formula is C10H12O4. The molecule has 0 unspecified atom stereocenters. The lowest BCUT2D eigenvalue weighted by molar-refractivity contribution is -0.135. The molecule has 76 valence electrons. The summed E-state index contributed by atoms with van der Waals surface area (Å²) in [6.07, 6.45) is 7.37. The quantitative estimate of drug-likeness (QED) is 0.550. The molecular weight excluding hydrogens is 184 g/mol. The molecule has 0 aromatic rings. The summed E-state index contributed by atoms with van der Waals surface area (Å²) in [6.45, 7) is 0. The van der Waals surface area contributed by atoms with Crippen molar-refractivity contribution in [1.82, 2.24) is 0 Å². The van der Waals surface area contributed by atoms with Gasteiger partial charge in [-0.25, -0.2) is 9.59 Å². The highest BCUT2D eigenvalue weighted by atomic mass is 16.5. The van der Waals surface area contributed by atoms with Crippen molar-refractivity contribution in [3.63, 3.8) is 0 Å². The van der Waals surface area contributed by atoms with Gasteiger partial charge in [0.25, 0.3) is 0 Å². The number of carboxylic acid groups (broad SMARTS) is 1. The van der Waals surface area contributed by atoms with Gasteiger partial charge in [-0.05, 0) is 25.3 Å². The summed E-state index contributed by atoms with van der Waals surface area (Å²) in [5.74, 6) is -1.13. The zero-order chi connectivity index (χ0) is 10.4. The predicted molar refractivity (Wildman–Crippen MR) is 49.4 cm³/mol. The maximum Gasteiger partial charge on any atom is 0.336 e.